The highest BCUT2D eigenvalue weighted by atomic mass is 32.3. The molecule has 0 rings (SSSR count). The van der Waals surface area contributed by atoms with E-state index in [2.05, 4.69) is 5.73 Å². The molecule has 0 aromatic rings. The van der Waals surface area contributed by atoms with Crippen molar-refractivity contribution >= 4 is 10.2 Å². The van der Waals surface area contributed by atoms with Gasteiger partial charge in [-0.05, 0) is 0 Å². The zero-order valence-electron chi connectivity index (χ0n) is 5.10. The lowest BCUT2D eigenvalue weighted by Crippen LogP contribution is -2.42. The van der Waals surface area contributed by atoms with Gasteiger partial charge in [-0.3, -0.25) is 0 Å². The molecule has 68 valence electrons. The van der Waals surface area contributed by atoms with Crippen molar-refractivity contribution in [3.8, 4) is 0 Å². The first-order valence-electron chi connectivity index (χ1n) is 2.37. The Labute approximate surface area is 60.4 Å². The SMILES string of the molecule is NC(CS(=O)(=O)F)C(F)(F)F. The quantitative estimate of drug-likeness (QED) is 0.505. The Morgan fingerprint density at radius 2 is 1.73 bits per heavy atom. The van der Waals surface area contributed by atoms with E-state index in [-0.39, 0.29) is 0 Å². The van der Waals surface area contributed by atoms with E-state index in [1.807, 2.05) is 0 Å². The topological polar surface area (TPSA) is 60.2 Å². The van der Waals surface area contributed by atoms with Crippen molar-refractivity contribution in [3.63, 3.8) is 0 Å². The summed E-state index contributed by atoms with van der Waals surface area (Å²) in [5.74, 6) is -1.73. The van der Waals surface area contributed by atoms with Crippen LogP contribution in [0.4, 0.5) is 17.1 Å². The molecular formula is C3H5F4NO2S. The van der Waals surface area contributed by atoms with Crippen LogP contribution < -0.4 is 5.73 Å². The van der Waals surface area contributed by atoms with Crippen molar-refractivity contribution in [2.45, 2.75) is 12.2 Å². The maximum absolute atomic E-state index is 11.6. The van der Waals surface area contributed by atoms with Gasteiger partial charge in [-0.15, -0.1) is 3.89 Å². The molecule has 0 aliphatic heterocycles. The van der Waals surface area contributed by atoms with Gasteiger partial charge in [-0.2, -0.15) is 21.6 Å². The van der Waals surface area contributed by atoms with Gasteiger partial charge in [0.1, 0.15) is 11.8 Å². The van der Waals surface area contributed by atoms with E-state index in [4.69, 9.17) is 0 Å². The van der Waals surface area contributed by atoms with Crippen LogP contribution >= 0.6 is 0 Å². The molecule has 2 N–H and O–H groups in total. The molecule has 0 saturated carbocycles. The Bertz CT molecular complexity index is 220. The van der Waals surface area contributed by atoms with Crippen LogP contribution in [-0.4, -0.2) is 26.4 Å². The molecule has 0 aliphatic rings. The largest absolute Gasteiger partial charge is 0.404 e. The van der Waals surface area contributed by atoms with Gasteiger partial charge in [-0.25, -0.2) is 0 Å². The van der Waals surface area contributed by atoms with E-state index in [1.165, 1.54) is 0 Å². The summed E-state index contributed by atoms with van der Waals surface area (Å²) in [6, 6.07) is -2.66. The Kier molecular flexibility index (Phi) is 2.84. The van der Waals surface area contributed by atoms with E-state index >= 15 is 0 Å². The number of alkyl halides is 3. The predicted molar refractivity (Wildman–Crippen MR) is 28.9 cm³/mol. The van der Waals surface area contributed by atoms with Gasteiger partial charge in [0.05, 0.1) is 0 Å². The second-order valence-corrected chi connectivity index (χ2v) is 3.26. The first kappa shape index (κ1) is 10.6. The summed E-state index contributed by atoms with van der Waals surface area (Å²) in [7, 11) is -5.15. The fourth-order valence-corrected chi connectivity index (χ4v) is 0.927. The molecule has 0 aromatic carbocycles. The first-order valence-corrected chi connectivity index (χ1v) is 3.93. The molecule has 1 atom stereocenters. The van der Waals surface area contributed by atoms with Crippen LogP contribution in [0, 0.1) is 0 Å². The fourth-order valence-electron chi connectivity index (χ4n) is 0.309. The van der Waals surface area contributed by atoms with Crippen molar-refractivity contribution in [2.24, 2.45) is 5.73 Å². The number of hydrogen-bond donors (Lipinski definition) is 1. The monoisotopic (exact) mass is 195 g/mol. The number of rotatable bonds is 2. The second kappa shape index (κ2) is 2.94. The third-order valence-electron chi connectivity index (χ3n) is 0.799. The Balaban J connectivity index is 4.21. The molecule has 0 radical (unpaired) electrons. The van der Waals surface area contributed by atoms with Gasteiger partial charge >= 0.3 is 16.4 Å². The van der Waals surface area contributed by atoms with E-state index in [1.54, 1.807) is 0 Å². The summed E-state index contributed by atoms with van der Waals surface area (Å²) in [6.45, 7) is 0. The molecular weight excluding hydrogens is 190 g/mol. The third-order valence-corrected chi connectivity index (χ3v) is 1.56. The molecule has 8 heteroatoms. The molecule has 0 aliphatic carbocycles. The summed E-state index contributed by atoms with van der Waals surface area (Å²) >= 11 is 0. The molecule has 0 heterocycles. The van der Waals surface area contributed by atoms with Crippen molar-refractivity contribution in [1.82, 2.24) is 0 Å². The summed E-state index contributed by atoms with van der Waals surface area (Å²) in [5.41, 5.74) is 4.29. The molecule has 0 amide bonds. The van der Waals surface area contributed by atoms with E-state index in [9.17, 15) is 25.5 Å². The third kappa shape index (κ3) is 4.96. The molecule has 11 heavy (non-hydrogen) atoms. The van der Waals surface area contributed by atoms with Crippen LogP contribution in [0.15, 0.2) is 0 Å². The van der Waals surface area contributed by atoms with Crippen LogP contribution in [0.25, 0.3) is 0 Å². The van der Waals surface area contributed by atoms with Gasteiger partial charge in [0.2, 0.25) is 0 Å². The molecule has 0 aromatic heterocycles. The van der Waals surface area contributed by atoms with E-state index in [0.717, 1.165) is 0 Å². The second-order valence-electron chi connectivity index (χ2n) is 1.85. The van der Waals surface area contributed by atoms with Crippen LogP contribution in [0.1, 0.15) is 0 Å². The van der Waals surface area contributed by atoms with Gasteiger partial charge in [0.15, 0.2) is 0 Å². The van der Waals surface area contributed by atoms with Crippen LogP contribution in [0.2, 0.25) is 0 Å². The molecule has 0 fully saturated rings. The fraction of sp³-hybridized carbons (Fsp3) is 1.00. The highest BCUT2D eigenvalue weighted by molar-refractivity contribution is 7.86. The lowest BCUT2D eigenvalue weighted by atomic mass is 10.4. The maximum atomic E-state index is 11.6. The van der Waals surface area contributed by atoms with Crippen molar-refractivity contribution in [3.05, 3.63) is 0 Å². The molecule has 0 spiro atoms. The Morgan fingerprint density at radius 1 is 1.36 bits per heavy atom. The molecule has 3 nitrogen and oxygen atoms in total. The highest BCUT2D eigenvalue weighted by Crippen LogP contribution is 2.19. The minimum absolute atomic E-state index is 1.73. The predicted octanol–water partition coefficient (Wildman–Crippen LogP) is 0.175. The smallest absolute Gasteiger partial charge is 0.319 e. The summed E-state index contributed by atoms with van der Waals surface area (Å²) in [6.07, 6.45) is -4.88. The number of hydrogen-bond acceptors (Lipinski definition) is 3. The zero-order chi connectivity index (χ0) is 9.28. The van der Waals surface area contributed by atoms with Crippen LogP contribution in [0.3, 0.4) is 0 Å². The van der Waals surface area contributed by atoms with Gasteiger partial charge in [0, 0.05) is 0 Å². The summed E-state index contributed by atoms with van der Waals surface area (Å²) in [4.78, 5) is 0. The Morgan fingerprint density at radius 3 is 1.82 bits per heavy atom. The molecule has 0 saturated heterocycles. The zero-order valence-corrected chi connectivity index (χ0v) is 5.91. The van der Waals surface area contributed by atoms with Gasteiger partial charge in [-0.1, -0.05) is 0 Å². The number of halogens is 4. The Hall–Kier alpha value is -0.370. The van der Waals surface area contributed by atoms with Gasteiger partial charge < -0.3 is 5.73 Å². The highest BCUT2D eigenvalue weighted by Gasteiger charge is 2.39. The minimum Gasteiger partial charge on any atom is -0.319 e. The average molecular weight is 195 g/mol. The summed E-state index contributed by atoms with van der Waals surface area (Å²) in [5, 5.41) is 0. The van der Waals surface area contributed by atoms with Gasteiger partial charge in [0.25, 0.3) is 0 Å². The minimum atomic E-state index is -5.15. The van der Waals surface area contributed by atoms with Crippen molar-refractivity contribution in [1.29, 1.82) is 0 Å². The van der Waals surface area contributed by atoms with Crippen LogP contribution in [-0.2, 0) is 10.2 Å². The average Bonchev–Trinajstić information content (AvgIpc) is 1.56. The lowest BCUT2D eigenvalue weighted by Gasteiger charge is -2.12. The number of nitrogens with two attached hydrogens (primary N) is 1. The lowest BCUT2D eigenvalue weighted by molar-refractivity contribution is -0.142. The maximum Gasteiger partial charge on any atom is 0.404 e. The van der Waals surface area contributed by atoms with Crippen molar-refractivity contribution in [2.75, 3.05) is 5.75 Å². The molecule has 1 unspecified atom stereocenters. The van der Waals surface area contributed by atoms with E-state index in [0.29, 0.717) is 0 Å². The molecule has 0 bridgehead atoms. The van der Waals surface area contributed by atoms with Crippen LogP contribution in [0.5, 0.6) is 0 Å². The standard InChI is InChI=1S/C3H5F4NO2S/c4-3(5,6)2(8)1-11(7,9)10/h2H,1,8H2. The van der Waals surface area contributed by atoms with Crippen molar-refractivity contribution < 1.29 is 25.5 Å². The normalized spacial score (nSPS) is 16.5. The van der Waals surface area contributed by atoms with E-state index < -0.39 is 28.2 Å². The first-order chi connectivity index (χ1) is 4.63. The summed E-state index contributed by atoms with van der Waals surface area (Å²) < 4.78 is 65.1.